The van der Waals surface area contributed by atoms with Gasteiger partial charge in [-0.25, -0.2) is 18.0 Å². The first-order chi connectivity index (χ1) is 18.4. The normalized spacial score (nSPS) is 22.3. The van der Waals surface area contributed by atoms with Crippen LogP contribution >= 0.6 is 0 Å². The third kappa shape index (κ3) is 5.47. The topological polar surface area (TPSA) is 137 Å². The van der Waals surface area contributed by atoms with E-state index in [1.165, 1.54) is 20.9 Å². The van der Waals surface area contributed by atoms with E-state index in [0.717, 1.165) is 20.9 Å². The van der Waals surface area contributed by atoms with Crippen molar-refractivity contribution in [2.75, 3.05) is 20.2 Å². The van der Waals surface area contributed by atoms with E-state index >= 15 is 0 Å². The summed E-state index contributed by atoms with van der Waals surface area (Å²) in [4.78, 5) is 52.4. The van der Waals surface area contributed by atoms with E-state index in [0.29, 0.717) is 0 Å². The van der Waals surface area contributed by atoms with E-state index in [-0.39, 0.29) is 13.2 Å². The number of ether oxygens (including phenoxy) is 3. The highest BCUT2D eigenvalue weighted by Crippen LogP contribution is 2.49. The van der Waals surface area contributed by atoms with Crippen LogP contribution in [-0.2, 0) is 51.6 Å². The van der Waals surface area contributed by atoms with Crippen molar-refractivity contribution in [2.24, 2.45) is 5.92 Å². The molecule has 0 unspecified atom stereocenters. The molecule has 2 aliphatic heterocycles. The third-order valence-corrected chi connectivity index (χ3v) is 9.81. The zero-order valence-electron chi connectivity index (χ0n) is 21.8. The average Bonchev–Trinajstić information content (AvgIpc) is 3.06. The van der Waals surface area contributed by atoms with Crippen molar-refractivity contribution >= 4 is 33.8 Å². The molecule has 11 nitrogen and oxygen atoms in total. The number of likely N-dealkylation sites (N-methyl/N-ethyl adjacent to an activating group) is 1. The molecular weight excluding hydrogens is 528 g/mol. The summed E-state index contributed by atoms with van der Waals surface area (Å²) in [5, 5.41) is -1.32. The van der Waals surface area contributed by atoms with E-state index in [4.69, 9.17) is 14.2 Å². The molecule has 2 aromatic carbocycles. The number of rotatable bonds is 9. The largest absolute Gasteiger partial charge is 0.463 e. The summed E-state index contributed by atoms with van der Waals surface area (Å²) < 4.78 is 40.7. The van der Waals surface area contributed by atoms with Gasteiger partial charge in [0, 0.05) is 7.05 Å². The van der Waals surface area contributed by atoms with Crippen LogP contribution in [0.3, 0.4) is 0 Å². The van der Waals surface area contributed by atoms with Crippen LogP contribution in [0.25, 0.3) is 0 Å². The van der Waals surface area contributed by atoms with E-state index in [2.05, 4.69) is 0 Å². The quantitative estimate of drug-likeness (QED) is 0.257. The molecular formula is C27H30N2O9S. The van der Waals surface area contributed by atoms with Crippen molar-refractivity contribution in [1.29, 1.82) is 0 Å². The van der Waals surface area contributed by atoms with Crippen molar-refractivity contribution in [3.05, 3.63) is 71.8 Å². The van der Waals surface area contributed by atoms with Gasteiger partial charge < -0.3 is 24.0 Å². The first-order valence-corrected chi connectivity index (χ1v) is 13.8. The zero-order chi connectivity index (χ0) is 28.4. The van der Waals surface area contributed by atoms with Crippen LogP contribution in [0.5, 0.6) is 0 Å². The Bertz CT molecular complexity index is 1350. The summed E-state index contributed by atoms with van der Waals surface area (Å²) in [5.74, 6) is -3.46. The molecule has 4 rings (SSSR count). The number of nitrogens with zero attached hydrogens (tertiary/aromatic N) is 2. The van der Waals surface area contributed by atoms with E-state index in [1.807, 2.05) is 12.1 Å². The monoisotopic (exact) mass is 558 g/mol. The molecule has 2 aromatic rings. The van der Waals surface area contributed by atoms with Crippen LogP contribution in [0.15, 0.2) is 60.7 Å². The second kappa shape index (κ2) is 11.0. The predicted octanol–water partition coefficient (Wildman–Crippen LogP) is 1.90. The fourth-order valence-corrected chi connectivity index (χ4v) is 6.96. The number of carbonyl (C=O) groups is 4. The molecule has 0 radical (unpaired) electrons. The molecule has 0 aliphatic carbocycles. The maximum absolute atomic E-state index is 13.3. The van der Waals surface area contributed by atoms with Crippen molar-refractivity contribution in [2.45, 2.75) is 43.2 Å². The Labute approximate surface area is 226 Å². The minimum atomic E-state index is -4.01. The van der Waals surface area contributed by atoms with Gasteiger partial charge in [-0.1, -0.05) is 60.7 Å². The minimum absolute atomic E-state index is 0.0236. The number of carbonyl (C=O) groups excluding carboxylic acids is 4. The lowest BCUT2D eigenvalue weighted by Crippen LogP contribution is -2.65. The molecule has 12 heteroatoms. The predicted molar refractivity (Wildman–Crippen MR) is 137 cm³/mol. The highest BCUT2D eigenvalue weighted by Gasteiger charge is 2.72. The third-order valence-electron chi connectivity index (χ3n) is 6.93. The summed E-state index contributed by atoms with van der Waals surface area (Å²) in [5.41, 5.74) is 1.49. The van der Waals surface area contributed by atoms with E-state index in [9.17, 15) is 27.6 Å². The molecule has 2 fully saturated rings. The van der Waals surface area contributed by atoms with Gasteiger partial charge in [-0.3, -0.25) is 9.59 Å². The molecule has 0 saturated carbocycles. The van der Waals surface area contributed by atoms with Crippen molar-refractivity contribution in [1.82, 2.24) is 9.80 Å². The highest BCUT2D eigenvalue weighted by atomic mass is 32.2. The molecule has 0 N–H and O–H groups in total. The van der Waals surface area contributed by atoms with E-state index < -0.39 is 69.0 Å². The van der Waals surface area contributed by atoms with Crippen LogP contribution in [0.4, 0.5) is 4.79 Å². The van der Waals surface area contributed by atoms with Gasteiger partial charge in [-0.2, -0.15) is 0 Å². The van der Waals surface area contributed by atoms with Gasteiger partial charge in [0.2, 0.25) is 5.91 Å². The van der Waals surface area contributed by atoms with Crippen LogP contribution in [-0.4, -0.2) is 78.5 Å². The number of fused-ring (bicyclic) bond motifs is 1. The second-order valence-electron chi connectivity index (χ2n) is 9.97. The summed E-state index contributed by atoms with van der Waals surface area (Å²) in [7, 11) is -2.67. The lowest BCUT2D eigenvalue weighted by molar-refractivity contribution is -0.171. The molecule has 2 heterocycles. The number of benzene rings is 2. The number of amides is 2. The van der Waals surface area contributed by atoms with Gasteiger partial charge >= 0.3 is 18.0 Å². The maximum Gasteiger partial charge on any atom is 0.410 e. The molecule has 2 aliphatic rings. The standard InChI is InChI=1S/C27H30N2O9S/c1-27(2)22(25(32)37-15-18-10-6-4-7-11-18)29-23(31)20(24(29)39(27,34)35)17-36-21(30)14-28(3)26(33)38-16-19-12-8-5-9-13-19/h4-13,20,22,24H,14-17H2,1-3H3/t20-,22+,24-/m1/s1. The van der Waals surface area contributed by atoms with E-state index in [1.54, 1.807) is 48.5 Å². The van der Waals surface area contributed by atoms with Gasteiger partial charge in [0.25, 0.3) is 0 Å². The Balaban J connectivity index is 1.32. The Kier molecular flexibility index (Phi) is 7.96. The van der Waals surface area contributed by atoms with Crippen molar-refractivity contribution < 1.29 is 41.8 Å². The highest BCUT2D eigenvalue weighted by molar-refractivity contribution is 7.93. The summed E-state index contributed by atoms with van der Waals surface area (Å²) in [6.07, 6.45) is -0.751. The van der Waals surface area contributed by atoms with Gasteiger partial charge in [0.05, 0.1) is 4.75 Å². The summed E-state index contributed by atoms with van der Waals surface area (Å²) >= 11 is 0. The van der Waals surface area contributed by atoms with Crippen LogP contribution in [0, 0.1) is 5.92 Å². The molecule has 2 amide bonds. The fourth-order valence-electron chi connectivity index (χ4n) is 4.67. The van der Waals surface area contributed by atoms with Crippen LogP contribution < -0.4 is 0 Å². The molecule has 0 bridgehead atoms. The Morgan fingerprint density at radius 2 is 1.44 bits per heavy atom. The number of esters is 2. The lowest BCUT2D eigenvalue weighted by atomic mass is 9.92. The maximum atomic E-state index is 13.3. The minimum Gasteiger partial charge on any atom is -0.463 e. The van der Waals surface area contributed by atoms with Crippen molar-refractivity contribution in [3.63, 3.8) is 0 Å². The number of sulfone groups is 1. The first kappa shape index (κ1) is 28.1. The Morgan fingerprint density at radius 1 is 0.897 bits per heavy atom. The lowest BCUT2D eigenvalue weighted by Gasteiger charge is -2.42. The fraction of sp³-hybridized carbons (Fsp3) is 0.407. The van der Waals surface area contributed by atoms with Gasteiger partial charge in [0.1, 0.15) is 38.3 Å². The molecule has 208 valence electrons. The summed E-state index contributed by atoms with van der Waals surface area (Å²) in [6, 6.07) is 16.5. The van der Waals surface area contributed by atoms with Crippen LogP contribution in [0.2, 0.25) is 0 Å². The van der Waals surface area contributed by atoms with Gasteiger partial charge in [0.15, 0.2) is 15.2 Å². The molecule has 0 spiro atoms. The Morgan fingerprint density at radius 3 is 2.00 bits per heavy atom. The average molecular weight is 559 g/mol. The Hall–Kier alpha value is -3.93. The van der Waals surface area contributed by atoms with Crippen molar-refractivity contribution in [3.8, 4) is 0 Å². The SMILES string of the molecule is CN(CC(=O)OC[C@@H]1C(=O)N2[C@@H](C(=O)OCc3ccccc3)C(C)(C)S(=O)(=O)[C@H]12)C(=O)OCc1ccccc1. The second-order valence-corrected chi connectivity index (χ2v) is 12.6. The summed E-state index contributed by atoms with van der Waals surface area (Å²) in [6.45, 7) is 1.74. The number of β-lactam (4-membered cyclic amide) rings is 1. The molecule has 3 atom stereocenters. The number of hydrogen-bond donors (Lipinski definition) is 0. The number of hydrogen-bond acceptors (Lipinski definition) is 9. The van der Waals surface area contributed by atoms with Crippen LogP contribution in [0.1, 0.15) is 25.0 Å². The smallest absolute Gasteiger partial charge is 0.410 e. The molecule has 2 saturated heterocycles. The van der Waals surface area contributed by atoms with Gasteiger partial charge in [-0.05, 0) is 25.0 Å². The molecule has 0 aromatic heterocycles. The zero-order valence-corrected chi connectivity index (χ0v) is 22.6. The first-order valence-electron chi connectivity index (χ1n) is 12.3. The molecule has 39 heavy (non-hydrogen) atoms. The van der Waals surface area contributed by atoms with Gasteiger partial charge in [-0.15, -0.1) is 0 Å².